The second-order valence-corrected chi connectivity index (χ2v) is 5.95. The van der Waals surface area contributed by atoms with Gasteiger partial charge in [-0.2, -0.15) is 13.2 Å². The lowest BCUT2D eigenvalue weighted by Crippen LogP contribution is -2.42. The molecule has 0 amide bonds. The van der Waals surface area contributed by atoms with Crippen molar-refractivity contribution >= 4 is 17.3 Å². The highest BCUT2D eigenvalue weighted by Gasteiger charge is 2.36. The lowest BCUT2D eigenvalue weighted by Gasteiger charge is -2.29. The topological polar surface area (TPSA) is 81.5 Å². The summed E-state index contributed by atoms with van der Waals surface area (Å²) < 4.78 is 42.7. The molecule has 0 saturated heterocycles. The van der Waals surface area contributed by atoms with Crippen LogP contribution in [-0.2, 0) is 15.7 Å². The van der Waals surface area contributed by atoms with Gasteiger partial charge in [0.1, 0.15) is 11.7 Å². The molecule has 1 aromatic carbocycles. The van der Waals surface area contributed by atoms with Crippen molar-refractivity contribution in [3.05, 3.63) is 33.9 Å². The van der Waals surface area contributed by atoms with E-state index >= 15 is 0 Å². The van der Waals surface area contributed by atoms with E-state index in [9.17, 15) is 28.1 Å². The Morgan fingerprint density at radius 2 is 1.87 bits per heavy atom. The van der Waals surface area contributed by atoms with E-state index in [2.05, 4.69) is 10.1 Å². The van der Waals surface area contributed by atoms with Gasteiger partial charge in [-0.25, -0.2) is 4.79 Å². The van der Waals surface area contributed by atoms with Crippen LogP contribution in [-0.4, -0.2) is 24.0 Å². The van der Waals surface area contributed by atoms with Gasteiger partial charge < -0.3 is 10.1 Å². The molecule has 0 spiro atoms. The molecule has 0 unspecified atom stereocenters. The molecule has 0 bridgehead atoms. The number of rotatable bonds is 4. The average Bonchev–Trinajstić information content (AvgIpc) is 2.41. The van der Waals surface area contributed by atoms with Crippen molar-refractivity contribution in [2.75, 3.05) is 12.4 Å². The number of esters is 1. The van der Waals surface area contributed by atoms with E-state index in [-0.39, 0.29) is 5.69 Å². The fraction of sp³-hybridized carbons (Fsp3) is 0.500. The van der Waals surface area contributed by atoms with Gasteiger partial charge in [0.25, 0.3) is 5.69 Å². The lowest BCUT2D eigenvalue weighted by molar-refractivity contribution is -0.384. The Hall–Kier alpha value is -2.32. The number of nitrogens with zero attached hydrogens (tertiary/aromatic N) is 1. The molecular weight excluding hydrogens is 317 g/mol. The molecule has 1 rings (SSSR count). The monoisotopic (exact) mass is 334 g/mol. The van der Waals surface area contributed by atoms with Crippen LogP contribution in [0.15, 0.2) is 18.2 Å². The number of methoxy groups -OCH3 is 1. The Kier molecular flexibility index (Phi) is 5.24. The second-order valence-electron chi connectivity index (χ2n) is 5.95. The first-order valence-corrected chi connectivity index (χ1v) is 6.58. The van der Waals surface area contributed by atoms with Gasteiger partial charge in [-0.15, -0.1) is 0 Å². The molecule has 0 heterocycles. The zero-order valence-corrected chi connectivity index (χ0v) is 13.0. The van der Waals surface area contributed by atoms with Gasteiger partial charge in [-0.05, 0) is 17.5 Å². The highest BCUT2D eigenvalue weighted by molar-refractivity contribution is 5.81. The SMILES string of the molecule is COC(=O)[C@@H](Nc1ccc(C(F)(F)F)cc1[N+](=O)[O-])C(C)(C)C. The van der Waals surface area contributed by atoms with Gasteiger partial charge in [0.15, 0.2) is 0 Å². The van der Waals surface area contributed by atoms with E-state index in [0.717, 1.165) is 13.2 Å². The molecule has 0 aliphatic heterocycles. The van der Waals surface area contributed by atoms with Crippen molar-refractivity contribution in [1.29, 1.82) is 0 Å². The van der Waals surface area contributed by atoms with E-state index in [1.807, 2.05) is 0 Å². The molecule has 0 aliphatic carbocycles. The normalized spacial score (nSPS) is 13.3. The van der Waals surface area contributed by atoms with Crippen molar-refractivity contribution in [2.45, 2.75) is 33.0 Å². The van der Waals surface area contributed by atoms with E-state index in [0.29, 0.717) is 12.1 Å². The molecule has 1 atom stereocenters. The van der Waals surface area contributed by atoms with Crippen LogP contribution in [0, 0.1) is 15.5 Å². The predicted octanol–water partition coefficient (Wildman–Crippen LogP) is 3.61. The van der Waals surface area contributed by atoms with Gasteiger partial charge in [0, 0.05) is 6.07 Å². The van der Waals surface area contributed by atoms with Crippen LogP contribution in [0.1, 0.15) is 26.3 Å². The maximum atomic E-state index is 12.7. The van der Waals surface area contributed by atoms with Crippen molar-refractivity contribution in [3.63, 3.8) is 0 Å². The van der Waals surface area contributed by atoms with Crippen LogP contribution in [0.2, 0.25) is 0 Å². The number of alkyl halides is 3. The summed E-state index contributed by atoms with van der Waals surface area (Å²) in [6.07, 6.45) is -4.70. The minimum Gasteiger partial charge on any atom is -0.467 e. The summed E-state index contributed by atoms with van der Waals surface area (Å²) in [6, 6.07) is 1.11. The summed E-state index contributed by atoms with van der Waals surface area (Å²) >= 11 is 0. The molecule has 9 heteroatoms. The van der Waals surface area contributed by atoms with Crippen LogP contribution in [0.5, 0.6) is 0 Å². The zero-order chi connectivity index (χ0) is 18.0. The lowest BCUT2D eigenvalue weighted by atomic mass is 9.86. The maximum Gasteiger partial charge on any atom is 0.416 e. The summed E-state index contributed by atoms with van der Waals surface area (Å²) in [5.74, 6) is -0.674. The minimum absolute atomic E-state index is 0.187. The van der Waals surface area contributed by atoms with Crippen molar-refractivity contribution in [1.82, 2.24) is 0 Å². The molecule has 128 valence electrons. The molecule has 1 aromatic rings. The number of benzene rings is 1. The number of nitro benzene ring substituents is 1. The van der Waals surface area contributed by atoms with Crippen LogP contribution in [0.4, 0.5) is 24.5 Å². The van der Waals surface area contributed by atoms with E-state index in [4.69, 9.17) is 0 Å². The molecule has 0 saturated carbocycles. The van der Waals surface area contributed by atoms with Crippen LogP contribution in [0.3, 0.4) is 0 Å². The Bertz CT molecular complexity index is 609. The molecule has 0 radical (unpaired) electrons. The summed E-state index contributed by atoms with van der Waals surface area (Å²) in [6.45, 7) is 5.08. The number of ether oxygens (including phenoxy) is 1. The predicted molar refractivity (Wildman–Crippen MR) is 77.0 cm³/mol. The molecular formula is C14H17F3N2O4. The van der Waals surface area contributed by atoms with Gasteiger partial charge in [0.2, 0.25) is 0 Å². The van der Waals surface area contributed by atoms with Crippen molar-refractivity contribution < 1.29 is 27.6 Å². The van der Waals surface area contributed by atoms with E-state index < -0.39 is 39.8 Å². The number of carbonyl (C=O) groups is 1. The smallest absolute Gasteiger partial charge is 0.416 e. The number of carbonyl (C=O) groups excluding carboxylic acids is 1. The molecule has 1 N–H and O–H groups in total. The number of hydrogen-bond donors (Lipinski definition) is 1. The highest BCUT2D eigenvalue weighted by Crippen LogP contribution is 2.36. The summed E-state index contributed by atoms with van der Waals surface area (Å²) in [5.41, 5.74) is -2.77. The van der Waals surface area contributed by atoms with Gasteiger partial charge in [-0.1, -0.05) is 20.8 Å². The third-order valence-corrected chi connectivity index (χ3v) is 3.12. The fourth-order valence-electron chi connectivity index (χ4n) is 1.88. The molecule has 6 nitrogen and oxygen atoms in total. The Morgan fingerprint density at radius 3 is 2.26 bits per heavy atom. The van der Waals surface area contributed by atoms with E-state index in [1.165, 1.54) is 0 Å². The zero-order valence-electron chi connectivity index (χ0n) is 13.0. The molecule has 0 aliphatic rings. The quantitative estimate of drug-likeness (QED) is 0.517. The molecule has 23 heavy (non-hydrogen) atoms. The summed E-state index contributed by atoms with van der Waals surface area (Å²) in [5, 5.41) is 13.7. The van der Waals surface area contributed by atoms with Gasteiger partial charge >= 0.3 is 12.1 Å². The van der Waals surface area contributed by atoms with Crippen LogP contribution in [0.25, 0.3) is 0 Å². The van der Waals surface area contributed by atoms with Gasteiger partial charge in [0.05, 0.1) is 17.6 Å². The Morgan fingerprint density at radius 1 is 1.30 bits per heavy atom. The third-order valence-electron chi connectivity index (χ3n) is 3.12. The highest BCUT2D eigenvalue weighted by atomic mass is 19.4. The number of halogens is 3. The van der Waals surface area contributed by atoms with Crippen LogP contribution >= 0.6 is 0 Å². The van der Waals surface area contributed by atoms with Crippen LogP contribution < -0.4 is 5.32 Å². The minimum atomic E-state index is -4.70. The first-order valence-electron chi connectivity index (χ1n) is 6.58. The third kappa shape index (κ3) is 4.57. The van der Waals surface area contributed by atoms with E-state index in [1.54, 1.807) is 20.8 Å². The van der Waals surface area contributed by atoms with Gasteiger partial charge in [-0.3, -0.25) is 10.1 Å². The average molecular weight is 334 g/mol. The number of nitrogens with one attached hydrogen (secondary N) is 1. The maximum absolute atomic E-state index is 12.7. The number of anilines is 1. The molecule has 0 fully saturated rings. The first-order chi connectivity index (χ1) is 10.4. The number of nitro groups is 1. The Labute approximate surface area is 130 Å². The summed E-state index contributed by atoms with van der Waals surface area (Å²) in [7, 11) is 1.16. The first kappa shape index (κ1) is 18.7. The second kappa shape index (κ2) is 6.43. The Balaban J connectivity index is 3.31. The summed E-state index contributed by atoms with van der Waals surface area (Å²) in [4.78, 5) is 22.0. The fourth-order valence-corrected chi connectivity index (χ4v) is 1.88. The number of hydrogen-bond acceptors (Lipinski definition) is 5. The van der Waals surface area contributed by atoms with Crippen molar-refractivity contribution in [3.8, 4) is 0 Å². The molecule has 0 aromatic heterocycles. The standard InChI is InChI=1S/C14H17F3N2O4/c1-13(2,3)11(12(20)23-4)18-9-6-5-8(14(15,16)17)7-10(9)19(21)22/h5-7,11,18H,1-4H3/t11-/m1/s1. The van der Waals surface area contributed by atoms with Crippen molar-refractivity contribution in [2.24, 2.45) is 5.41 Å². The largest absolute Gasteiger partial charge is 0.467 e.